The fourth-order valence-corrected chi connectivity index (χ4v) is 5.04. The van der Waals surface area contributed by atoms with Crippen LogP contribution >= 0.6 is 11.3 Å². The lowest BCUT2D eigenvalue weighted by atomic mass is 9.90. The molecule has 25 heavy (non-hydrogen) atoms. The van der Waals surface area contributed by atoms with E-state index >= 15 is 0 Å². The van der Waals surface area contributed by atoms with Gasteiger partial charge in [0.1, 0.15) is 0 Å². The molecule has 126 valence electrons. The molecule has 1 aromatic carbocycles. The molecule has 1 aliphatic rings. The maximum atomic E-state index is 4.59. The lowest BCUT2D eigenvalue weighted by Gasteiger charge is -2.31. The van der Waals surface area contributed by atoms with E-state index < -0.39 is 0 Å². The van der Waals surface area contributed by atoms with Crippen LogP contribution in [0, 0.1) is 0 Å². The molecule has 0 saturated carbocycles. The first-order chi connectivity index (χ1) is 12.4. The largest absolute Gasteiger partial charge is 0.360 e. The van der Waals surface area contributed by atoms with Crippen molar-refractivity contribution in [3.63, 3.8) is 0 Å². The third-order valence-electron chi connectivity index (χ3n) is 5.45. The Morgan fingerprint density at radius 1 is 1.12 bits per heavy atom. The smallest absolute Gasteiger partial charge is 0.0913 e. The molecule has 0 bridgehead atoms. The number of thiophene rings is 1. The topological polar surface area (TPSA) is 31.9 Å². The number of rotatable bonds is 3. The summed E-state index contributed by atoms with van der Waals surface area (Å²) >= 11 is 1.86. The van der Waals surface area contributed by atoms with Gasteiger partial charge in [-0.2, -0.15) is 0 Å². The van der Waals surface area contributed by atoms with Crippen LogP contribution < -0.4 is 0 Å². The number of H-pyrrole nitrogens is 1. The molecular weight excluding hydrogens is 326 g/mol. The first-order valence-electron chi connectivity index (χ1n) is 8.98. The summed E-state index contributed by atoms with van der Waals surface area (Å²) in [7, 11) is 0. The Morgan fingerprint density at radius 2 is 2.00 bits per heavy atom. The van der Waals surface area contributed by atoms with Crippen molar-refractivity contribution in [1.29, 1.82) is 0 Å². The number of pyridine rings is 1. The van der Waals surface area contributed by atoms with Crippen LogP contribution in [0.15, 0.2) is 54.2 Å². The first-order valence-corrected chi connectivity index (χ1v) is 9.86. The Balaban J connectivity index is 1.30. The highest BCUT2D eigenvalue weighted by Crippen LogP contribution is 2.33. The average molecular weight is 347 g/mol. The third kappa shape index (κ3) is 2.75. The summed E-state index contributed by atoms with van der Waals surface area (Å²) in [5.74, 6) is 0.624. The Morgan fingerprint density at radius 3 is 2.92 bits per heavy atom. The quantitative estimate of drug-likeness (QED) is 0.555. The number of aromatic nitrogens is 2. The van der Waals surface area contributed by atoms with Crippen molar-refractivity contribution in [3.8, 4) is 0 Å². The number of benzene rings is 1. The zero-order valence-corrected chi connectivity index (χ0v) is 14.9. The van der Waals surface area contributed by atoms with Gasteiger partial charge < -0.3 is 4.98 Å². The van der Waals surface area contributed by atoms with Crippen molar-refractivity contribution in [3.05, 3.63) is 65.3 Å². The Kier molecular flexibility index (Phi) is 3.80. The van der Waals surface area contributed by atoms with E-state index in [9.17, 15) is 0 Å². The highest BCUT2D eigenvalue weighted by molar-refractivity contribution is 7.17. The molecule has 1 aliphatic heterocycles. The van der Waals surface area contributed by atoms with Crippen LogP contribution in [0.25, 0.3) is 21.1 Å². The van der Waals surface area contributed by atoms with Crippen LogP contribution in [0.1, 0.15) is 29.9 Å². The zero-order chi connectivity index (χ0) is 16.6. The number of aromatic amines is 1. The fraction of sp³-hybridized carbons (Fsp3) is 0.286. The number of hydrogen-bond acceptors (Lipinski definition) is 3. The van der Waals surface area contributed by atoms with Gasteiger partial charge in [0.2, 0.25) is 0 Å². The van der Waals surface area contributed by atoms with Gasteiger partial charge in [-0.05, 0) is 71.9 Å². The Bertz CT molecular complexity index is 1010. The summed E-state index contributed by atoms with van der Waals surface area (Å²) in [6.45, 7) is 3.39. The molecule has 0 amide bonds. The molecule has 0 aliphatic carbocycles. The second kappa shape index (κ2) is 6.28. The number of piperidine rings is 1. The molecule has 0 unspecified atom stereocenters. The molecule has 0 spiro atoms. The van der Waals surface area contributed by atoms with Gasteiger partial charge in [0.05, 0.1) is 11.0 Å². The molecule has 1 N–H and O–H groups in total. The number of hydrogen-bond donors (Lipinski definition) is 1. The minimum absolute atomic E-state index is 0.624. The number of nitrogens with zero attached hydrogens (tertiary/aromatic N) is 2. The normalized spacial score (nSPS) is 16.8. The number of fused-ring (bicyclic) bond motifs is 2. The van der Waals surface area contributed by atoms with Crippen LogP contribution in [-0.4, -0.2) is 28.0 Å². The Labute approximate surface area is 151 Å². The number of nitrogens with one attached hydrogen (secondary N) is 1. The molecule has 1 saturated heterocycles. The van der Waals surface area contributed by atoms with Gasteiger partial charge in [0.15, 0.2) is 0 Å². The summed E-state index contributed by atoms with van der Waals surface area (Å²) in [6, 6.07) is 12.9. The third-order valence-corrected chi connectivity index (χ3v) is 6.46. The lowest BCUT2D eigenvalue weighted by Crippen LogP contribution is -2.32. The van der Waals surface area contributed by atoms with E-state index in [0.29, 0.717) is 5.92 Å². The molecule has 4 heteroatoms. The van der Waals surface area contributed by atoms with E-state index in [-0.39, 0.29) is 0 Å². The SMILES string of the molecule is c1cnc2c(C3CCN(Cc4csc5ccccc45)CC3)c[nH]c2c1. The molecule has 3 nitrogen and oxygen atoms in total. The van der Waals surface area contributed by atoms with Crippen LogP contribution in [0.4, 0.5) is 0 Å². The van der Waals surface area contributed by atoms with Gasteiger partial charge in [-0.25, -0.2) is 0 Å². The van der Waals surface area contributed by atoms with Gasteiger partial charge in [-0.15, -0.1) is 11.3 Å². The van der Waals surface area contributed by atoms with Gasteiger partial charge in [0, 0.05) is 23.6 Å². The zero-order valence-electron chi connectivity index (χ0n) is 14.1. The van der Waals surface area contributed by atoms with Crippen molar-refractivity contribution < 1.29 is 0 Å². The molecule has 0 atom stereocenters. The lowest BCUT2D eigenvalue weighted by molar-refractivity contribution is 0.206. The van der Waals surface area contributed by atoms with Gasteiger partial charge >= 0.3 is 0 Å². The van der Waals surface area contributed by atoms with Crippen LogP contribution in [0.5, 0.6) is 0 Å². The summed E-state index contributed by atoms with van der Waals surface area (Å²) in [5, 5.41) is 3.76. The monoisotopic (exact) mass is 347 g/mol. The van der Waals surface area contributed by atoms with E-state index in [2.05, 4.69) is 56.8 Å². The standard InChI is InChI=1S/C21H21N3S/c1-2-6-20-17(4-1)16(14-25-20)13-24-10-7-15(8-11-24)18-12-23-19-5-3-9-22-21(18)19/h1-6,9,12,14-15,23H,7-8,10-11,13H2. The highest BCUT2D eigenvalue weighted by atomic mass is 32.1. The van der Waals surface area contributed by atoms with Gasteiger partial charge in [0.25, 0.3) is 0 Å². The van der Waals surface area contributed by atoms with Crippen molar-refractivity contribution in [2.75, 3.05) is 13.1 Å². The van der Waals surface area contributed by atoms with Crippen molar-refractivity contribution in [2.45, 2.75) is 25.3 Å². The minimum atomic E-state index is 0.624. The van der Waals surface area contributed by atoms with Crippen LogP contribution in [-0.2, 0) is 6.54 Å². The minimum Gasteiger partial charge on any atom is -0.360 e. The van der Waals surface area contributed by atoms with Crippen molar-refractivity contribution >= 4 is 32.5 Å². The Hall–Kier alpha value is -2.17. The van der Waals surface area contributed by atoms with Crippen LogP contribution in [0.2, 0.25) is 0 Å². The first kappa shape index (κ1) is 15.1. The molecule has 5 rings (SSSR count). The van der Waals surface area contributed by atoms with Crippen molar-refractivity contribution in [1.82, 2.24) is 14.9 Å². The summed E-state index contributed by atoms with van der Waals surface area (Å²) in [5.41, 5.74) is 5.19. The maximum Gasteiger partial charge on any atom is 0.0913 e. The highest BCUT2D eigenvalue weighted by Gasteiger charge is 2.23. The van der Waals surface area contributed by atoms with Crippen LogP contribution in [0.3, 0.4) is 0 Å². The van der Waals surface area contributed by atoms with Crippen molar-refractivity contribution in [2.24, 2.45) is 0 Å². The maximum absolute atomic E-state index is 4.59. The van der Waals surface area contributed by atoms with E-state index in [4.69, 9.17) is 0 Å². The van der Waals surface area contributed by atoms with E-state index in [1.54, 1.807) is 0 Å². The second-order valence-corrected chi connectivity index (χ2v) is 7.86. The molecule has 4 aromatic rings. The second-order valence-electron chi connectivity index (χ2n) is 6.95. The molecule has 0 radical (unpaired) electrons. The molecule has 3 aromatic heterocycles. The predicted octanol–water partition coefficient (Wildman–Crippen LogP) is 5.16. The average Bonchev–Trinajstić information content (AvgIpc) is 3.27. The molecule has 1 fully saturated rings. The fourth-order valence-electron chi connectivity index (χ4n) is 4.09. The van der Waals surface area contributed by atoms with E-state index in [0.717, 1.165) is 30.7 Å². The van der Waals surface area contributed by atoms with Gasteiger partial charge in [-0.3, -0.25) is 9.88 Å². The van der Waals surface area contributed by atoms with Gasteiger partial charge in [-0.1, -0.05) is 18.2 Å². The van der Waals surface area contributed by atoms with E-state index in [1.165, 1.54) is 34.1 Å². The molecule has 4 heterocycles. The van der Waals surface area contributed by atoms with E-state index in [1.807, 2.05) is 23.6 Å². The number of likely N-dealkylation sites (tertiary alicyclic amines) is 1. The predicted molar refractivity (Wildman–Crippen MR) is 105 cm³/mol. The summed E-state index contributed by atoms with van der Waals surface area (Å²) < 4.78 is 1.40. The molecular formula is C21H21N3S. The summed E-state index contributed by atoms with van der Waals surface area (Å²) in [6.07, 6.45) is 6.50. The summed E-state index contributed by atoms with van der Waals surface area (Å²) in [4.78, 5) is 10.6.